The number of carbonyl (C=O) groups is 3. The highest BCUT2D eigenvalue weighted by Crippen LogP contribution is 2.35. The smallest absolute Gasteiger partial charge is 0.405 e. The number of benzene rings is 1. The number of para-hydroxylation sites is 1. The summed E-state index contributed by atoms with van der Waals surface area (Å²) in [4.78, 5) is 35.5. The zero-order valence-electron chi connectivity index (χ0n) is 16.1. The van der Waals surface area contributed by atoms with Gasteiger partial charge in [-0.15, -0.1) is 0 Å². The molecule has 7 nitrogen and oxygen atoms in total. The van der Waals surface area contributed by atoms with Crippen LogP contribution in [0.15, 0.2) is 23.1 Å². The number of imide groups is 1. The predicted molar refractivity (Wildman–Crippen MR) is 112 cm³/mol. The van der Waals surface area contributed by atoms with Crippen LogP contribution in [0.5, 0.6) is 0 Å². The Labute approximate surface area is 173 Å². The van der Waals surface area contributed by atoms with Gasteiger partial charge in [-0.25, -0.2) is 4.79 Å². The van der Waals surface area contributed by atoms with Crippen molar-refractivity contribution in [3.63, 3.8) is 0 Å². The summed E-state index contributed by atoms with van der Waals surface area (Å²) >= 11 is 7.24. The van der Waals surface area contributed by atoms with Crippen LogP contribution in [0.2, 0.25) is 5.02 Å². The quantitative estimate of drug-likeness (QED) is 0.690. The van der Waals surface area contributed by atoms with Gasteiger partial charge in [0.15, 0.2) is 0 Å². The Balaban J connectivity index is 0.000000300. The molecule has 1 aromatic rings. The summed E-state index contributed by atoms with van der Waals surface area (Å²) in [5.41, 5.74) is 6.10. The first-order chi connectivity index (χ1) is 13.1. The average molecular weight is 426 g/mol. The van der Waals surface area contributed by atoms with Crippen LogP contribution in [0.1, 0.15) is 39.2 Å². The number of hydrogen-bond donors (Lipinski definition) is 2. The van der Waals surface area contributed by atoms with E-state index in [1.165, 1.54) is 0 Å². The Bertz CT molecular complexity index is 799. The fourth-order valence-corrected chi connectivity index (χ4v) is 3.76. The van der Waals surface area contributed by atoms with Crippen LogP contribution in [0.3, 0.4) is 0 Å². The van der Waals surface area contributed by atoms with E-state index < -0.39 is 11.7 Å². The summed E-state index contributed by atoms with van der Waals surface area (Å²) in [5.74, 6) is -0.340. The number of hydrogen-bond acceptors (Lipinski definition) is 6. The minimum Gasteiger partial charge on any atom is -0.444 e. The number of thioether (sulfide) groups is 1. The zero-order chi connectivity index (χ0) is 20.9. The second kappa shape index (κ2) is 9.34. The molecule has 0 atom stereocenters. The van der Waals surface area contributed by atoms with Gasteiger partial charge in [0.05, 0.1) is 15.6 Å². The molecule has 3 amide bonds. The van der Waals surface area contributed by atoms with Gasteiger partial charge in [0.2, 0.25) is 0 Å². The van der Waals surface area contributed by atoms with Crippen LogP contribution in [0.25, 0.3) is 6.08 Å². The molecule has 2 aliphatic rings. The molecule has 3 N–H and O–H groups in total. The summed E-state index contributed by atoms with van der Waals surface area (Å²) in [5, 5.41) is 2.61. The van der Waals surface area contributed by atoms with Gasteiger partial charge in [-0.1, -0.05) is 23.7 Å². The number of halogens is 1. The van der Waals surface area contributed by atoms with Crippen molar-refractivity contribution in [2.24, 2.45) is 5.73 Å². The maximum absolute atomic E-state index is 11.6. The lowest BCUT2D eigenvalue weighted by Gasteiger charge is -2.21. The number of rotatable bonds is 2. The van der Waals surface area contributed by atoms with Crippen molar-refractivity contribution >= 4 is 52.4 Å². The van der Waals surface area contributed by atoms with Crippen LogP contribution in [0.4, 0.5) is 15.3 Å². The van der Waals surface area contributed by atoms with Gasteiger partial charge in [0, 0.05) is 18.7 Å². The topological polar surface area (TPSA) is 102 Å². The Morgan fingerprint density at radius 3 is 2.39 bits per heavy atom. The van der Waals surface area contributed by atoms with E-state index in [0.717, 1.165) is 48.9 Å². The normalized spacial score (nSPS) is 18.0. The molecular weight excluding hydrogens is 402 g/mol. The van der Waals surface area contributed by atoms with E-state index in [4.69, 9.17) is 17.3 Å². The summed E-state index contributed by atoms with van der Waals surface area (Å²) in [6.45, 7) is 7.23. The standard InChI is InChI=1S/C14H13ClN2O2S.C5H11NO2/c15-10-5-3-4-9(12(10)17-6-1-2-7-17)8-11-13(18)16-14(19)20-11;1-5(2,3)8-4(6)7/h3-5,8H,1-2,6-7H2,(H,16,18,19);1-3H3,(H2,6,7)/b11-8-;. The van der Waals surface area contributed by atoms with E-state index in [0.29, 0.717) is 9.93 Å². The highest BCUT2D eigenvalue weighted by molar-refractivity contribution is 8.18. The Morgan fingerprint density at radius 1 is 1.29 bits per heavy atom. The molecule has 0 spiro atoms. The van der Waals surface area contributed by atoms with E-state index in [-0.39, 0.29) is 11.1 Å². The van der Waals surface area contributed by atoms with Crippen molar-refractivity contribution in [3.05, 3.63) is 33.7 Å². The lowest BCUT2D eigenvalue weighted by Crippen LogP contribution is -2.27. The largest absolute Gasteiger partial charge is 0.444 e. The van der Waals surface area contributed by atoms with Crippen LogP contribution in [0, 0.1) is 0 Å². The molecule has 0 unspecified atom stereocenters. The molecule has 0 radical (unpaired) electrons. The number of carbonyl (C=O) groups excluding carboxylic acids is 3. The highest BCUT2D eigenvalue weighted by atomic mass is 35.5. The molecule has 152 valence electrons. The molecule has 2 saturated heterocycles. The van der Waals surface area contributed by atoms with Gasteiger partial charge in [-0.05, 0) is 57.5 Å². The maximum atomic E-state index is 11.6. The van der Waals surface area contributed by atoms with Crippen molar-refractivity contribution < 1.29 is 19.1 Å². The Hall–Kier alpha value is -2.19. The molecule has 2 heterocycles. The first kappa shape index (κ1) is 22.1. The highest BCUT2D eigenvalue weighted by Gasteiger charge is 2.26. The van der Waals surface area contributed by atoms with E-state index in [9.17, 15) is 14.4 Å². The molecule has 1 aromatic carbocycles. The summed E-state index contributed by atoms with van der Waals surface area (Å²) in [6.07, 6.45) is 3.31. The van der Waals surface area contributed by atoms with Gasteiger partial charge >= 0.3 is 6.09 Å². The summed E-state index contributed by atoms with van der Waals surface area (Å²) in [6, 6.07) is 5.63. The van der Waals surface area contributed by atoms with Gasteiger partial charge in [-0.3, -0.25) is 14.9 Å². The first-order valence-electron chi connectivity index (χ1n) is 8.83. The lowest BCUT2D eigenvalue weighted by molar-refractivity contribution is -0.115. The third-order valence-electron chi connectivity index (χ3n) is 3.78. The van der Waals surface area contributed by atoms with Gasteiger partial charge in [0.1, 0.15) is 5.60 Å². The second-order valence-corrected chi connectivity index (χ2v) is 8.68. The Kier molecular flexibility index (Phi) is 7.37. The van der Waals surface area contributed by atoms with Crippen molar-refractivity contribution in [2.75, 3.05) is 18.0 Å². The second-order valence-electron chi connectivity index (χ2n) is 7.26. The lowest BCUT2D eigenvalue weighted by atomic mass is 10.1. The molecule has 9 heteroatoms. The van der Waals surface area contributed by atoms with Crippen LogP contribution >= 0.6 is 23.4 Å². The van der Waals surface area contributed by atoms with Crippen molar-refractivity contribution in [1.82, 2.24) is 5.32 Å². The number of nitrogens with two attached hydrogens (primary N) is 1. The first-order valence-corrected chi connectivity index (χ1v) is 10.0. The van der Waals surface area contributed by atoms with Crippen LogP contribution in [-0.2, 0) is 9.53 Å². The molecule has 0 saturated carbocycles. The zero-order valence-corrected chi connectivity index (χ0v) is 17.7. The van der Waals surface area contributed by atoms with Crippen molar-refractivity contribution in [1.29, 1.82) is 0 Å². The van der Waals surface area contributed by atoms with Crippen molar-refractivity contribution in [2.45, 2.75) is 39.2 Å². The number of primary amides is 1. The van der Waals surface area contributed by atoms with E-state index in [1.807, 2.05) is 18.2 Å². The van der Waals surface area contributed by atoms with Gasteiger partial charge in [0.25, 0.3) is 11.1 Å². The van der Waals surface area contributed by atoms with E-state index >= 15 is 0 Å². The molecule has 2 aliphatic heterocycles. The number of anilines is 1. The average Bonchev–Trinajstić information content (AvgIpc) is 3.16. The summed E-state index contributed by atoms with van der Waals surface area (Å²) in [7, 11) is 0. The molecule has 2 fully saturated rings. The minimum atomic E-state index is -0.725. The van der Waals surface area contributed by atoms with Crippen LogP contribution < -0.4 is 16.0 Å². The fraction of sp³-hybridized carbons (Fsp3) is 0.421. The molecular formula is C19H24ClN3O4S. The van der Waals surface area contributed by atoms with E-state index in [1.54, 1.807) is 26.8 Å². The Morgan fingerprint density at radius 2 is 1.93 bits per heavy atom. The number of amides is 3. The number of nitrogens with zero attached hydrogens (tertiary/aromatic N) is 1. The molecule has 0 aliphatic carbocycles. The summed E-state index contributed by atoms with van der Waals surface area (Å²) < 4.78 is 4.58. The SMILES string of the molecule is CC(C)(C)OC(N)=O.O=C1NC(=O)/C(=C/c2cccc(Cl)c2N2CCCC2)S1. The predicted octanol–water partition coefficient (Wildman–Crippen LogP) is 4.14. The number of nitrogens with one attached hydrogen (secondary N) is 1. The van der Waals surface area contributed by atoms with Gasteiger partial charge in [-0.2, -0.15) is 0 Å². The van der Waals surface area contributed by atoms with Crippen molar-refractivity contribution in [3.8, 4) is 0 Å². The molecule has 3 rings (SSSR count). The van der Waals surface area contributed by atoms with Gasteiger partial charge < -0.3 is 15.4 Å². The monoisotopic (exact) mass is 425 g/mol. The third-order valence-corrected chi connectivity index (χ3v) is 4.89. The molecule has 28 heavy (non-hydrogen) atoms. The third kappa shape index (κ3) is 6.45. The van der Waals surface area contributed by atoms with Crippen LogP contribution in [-0.4, -0.2) is 35.9 Å². The maximum Gasteiger partial charge on any atom is 0.405 e. The molecule has 0 bridgehead atoms. The van der Waals surface area contributed by atoms with E-state index in [2.05, 4.69) is 15.0 Å². The molecule has 0 aromatic heterocycles. The minimum absolute atomic E-state index is 0.328. The fourth-order valence-electron chi connectivity index (χ4n) is 2.79. The number of ether oxygens (including phenoxy) is 1.